The third-order valence-electron chi connectivity index (χ3n) is 4.03. The summed E-state index contributed by atoms with van der Waals surface area (Å²) < 4.78 is 0. The molecule has 2 nitrogen and oxygen atoms in total. The lowest BCUT2D eigenvalue weighted by Gasteiger charge is -2.19. The average molecular weight is 276 g/mol. The Labute approximate surface area is 125 Å². The van der Waals surface area contributed by atoms with Crippen molar-refractivity contribution in [1.29, 1.82) is 0 Å². The van der Waals surface area contributed by atoms with E-state index in [0.717, 1.165) is 11.2 Å². The van der Waals surface area contributed by atoms with E-state index in [9.17, 15) is 0 Å². The molecule has 1 heterocycles. The number of pyridine rings is 1. The van der Waals surface area contributed by atoms with Gasteiger partial charge in [-0.15, -0.1) is 0 Å². The van der Waals surface area contributed by atoms with Crippen molar-refractivity contribution in [1.82, 2.24) is 10.3 Å². The van der Waals surface area contributed by atoms with Crippen LogP contribution in [-0.4, -0.2) is 12.0 Å². The number of fused-ring (bicyclic) bond motifs is 1. The molecule has 1 aromatic heterocycles. The summed E-state index contributed by atoms with van der Waals surface area (Å²) in [6.07, 6.45) is 0. The second kappa shape index (κ2) is 5.66. The summed E-state index contributed by atoms with van der Waals surface area (Å²) in [5.41, 5.74) is 5.96. The number of para-hydroxylation sites is 1. The molecule has 3 rings (SSSR count). The van der Waals surface area contributed by atoms with Crippen molar-refractivity contribution in [3.05, 3.63) is 77.0 Å². The van der Waals surface area contributed by atoms with Crippen LogP contribution in [0.15, 0.2) is 54.6 Å². The smallest absolute Gasteiger partial charge is 0.0751 e. The molecule has 0 bridgehead atoms. The number of nitrogens with one attached hydrogen (secondary N) is 1. The van der Waals surface area contributed by atoms with Crippen LogP contribution in [-0.2, 0) is 0 Å². The zero-order valence-corrected chi connectivity index (χ0v) is 12.7. The van der Waals surface area contributed by atoms with Crippen LogP contribution in [0.5, 0.6) is 0 Å². The molecule has 0 aliphatic carbocycles. The van der Waals surface area contributed by atoms with E-state index in [4.69, 9.17) is 4.98 Å². The van der Waals surface area contributed by atoms with Gasteiger partial charge in [-0.25, -0.2) is 0 Å². The molecule has 0 spiro atoms. The molecule has 0 saturated carbocycles. The number of rotatable bonds is 3. The minimum Gasteiger partial charge on any atom is -0.308 e. The Hall–Kier alpha value is -2.19. The average Bonchev–Trinajstić information content (AvgIpc) is 2.50. The monoisotopic (exact) mass is 276 g/mol. The maximum absolute atomic E-state index is 4.86. The van der Waals surface area contributed by atoms with Gasteiger partial charge >= 0.3 is 0 Å². The summed E-state index contributed by atoms with van der Waals surface area (Å²) in [5.74, 6) is 0. The molecule has 106 valence electrons. The molecule has 3 aromatic rings. The number of hydrogen-bond acceptors (Lipinski definition) is 2. The first-order valence-corrected chi connectivity index (χ1v) is 7.30. The fourth-order valence-corrected chi connectivity index (χ4v) is 2.90. The van der Waals surface area contributed by atoms with Crippen molar-refractivity contribution in [2.45, 2.75) is 19.9 Å². The number of hydrogen-bond donors (Lipinski definition) is 1. The Kier molecular flexibility index (Phi) is 3.72. The largest absolute Gasteiger partial charge is 0.308 e. The van der Waals surface area contributed by atoms with Crippen molar-refractivity contribution >= 4 is 10.9 Å². The van der Waals surface area contributed by atoms with Gasteiger partial charge in [0.2, 0.25) is 0 Å². The fraction of sp³-hybridized carbons (Fsp3) is 0.211. The summed E-state index contributed by atoms with van der Waals surface area (Å²) in [5, 5.41) is 4.63. The summed E-state index contributed by atoms with van der Waals surface area (Å²) in [6.45, 7) is 4.30. The Bertz CT molecular complexity index is 777. The van der Waals surface area contributed by atoms with Gasteiger partial charge in [0, 0.05) is 5.39 Å². The molecule has 0 amide bonds. The highest BCUT2D eigenvalue weighted by atomic mass is 14.9. The SMILES string of the molecule is CNC(c1cc(C)c2ccccc2n1)c1ccccc1C. The van der Waals surface area contributed by atoms with Crippen molar-refractivity contribution in [2.75, 3.05) is 7.05 Å². The fourth-order valence-electron chi connectivity index (χ4n) is 2.90. The zero-order valence-electron chi connectivity index (χ0n) is 12.7. The van der Waals surface area contributed by atoms with Crippen molar-refractivity contribution in [3.63, 3.8) is 0 Å². The third-order valence-corrected chi connectivity index (χ3v) is 4.03. The quantitative estimate of drug-likeness (QED) is 0.777. The summed E-state index contributed by atoms with van der Waals surface area (Å²) in [4.78, 5) is 4.86. The highest BCUT2D eigenvalue weighted by Crippen LogP contribution is 2.26. The van der Waals surface area contributed by atoms with E-state index in [2.05, 4.69) is 67.7 Å². The third kappa shape index (κ3) is 2.55. The van der Waals surface area contributed by atoms with Gasteiger partial charge in [0.05, 0.1) is 17.3 Å². The van der Waals surface area contributed by atoms with E-state index in [1.165, 1.54) is 22.1 Å². The Morgan fingerprint density at radius 3 is 2.38 bits per heavy atom. The predicted octanol–water partition coefficient (Wildman–Crippen LogP) is 4.16. The summed E-state index contributed by atoms with van der Waals surface area (Å²) >= 11 is 0. The van der Waals surface area contributed by atoms with E-state index in [1.54, 1.807) is 0 Å². The van der Waals surface area contributed by atoms with E-state index >= 15 is 0 Å². The normalized spacial score (nSPS) is 12.5. The minimum atomic E-state index is 0.120. The van der Waals surface area contributed by atoms with Gasteiger partial charge in [0.1, 0.15) is 0 Å². The highest BCUT2D eigenvalue weighted by Gasteiger charge is 2.16. The topological polar surface area (TPSA) is 24.9 Å². The van der Waals surface area contributed by atoms with Crippen LogP contribution in [0.25, 0.3) is 10.9 Å². The molecular formula is C19H20N2. The van der Waals surface area contributed by atoms with E-state index < -0.39 is 0 Å². The van der Waals surface area contributed by atoms with Crippen molar-refractivity contribution in [3.8, 4) is 0 Å². The summed E-state index contributed by atoms with van der Waals surface area (Å²) in [7, 11) is 1.99. The molecule has 2 heteroatoms. The molecular weight excluding hydrogens is 256 g/mol. The molecule has 1 unspecified atom stereocenters. The number of aryl methyl sites for hydroxylation is 2. The van der Waals surface area contributed by atoms with Gasteiger partial charge in [-0.05, 0) is 49.7 Å². The lowest BCUT2D eigenvalue weighted by molar-refractivity contribution is 0.669. The highest BCUT2D eigenvalue weighted by molar-refractivity contribution is 5.82. The van der Waals surface area contributed by atoms with Crippen LogP contribution in [0, 0.1) is 13.8 Å². The standard InChI is InChI=1S/C19H20N2/c1-13-8-4-5-10-16(13)19(20-3)18-12-14(2)15-9-6-7-11-17(15)21-18/h4-12,19-20H,1-3H3. The predicted molar refractivity (Wildman–Crippen MR) is 88.6 cm³/mol. The van der Waals surface area contributed by atoms with Crippen molar-refractivity contribution in [2.24, 2.45) is 0 Å². The minimum absolute atomic E-state index is 0.120. The van der Waals surface area contributed by atoms with Crippen LogP contribution in [0.2, 0.25) is 0 Å². The van der Waals surface area contributed by atoms with Gasteiger partial charge in [-0.1, -0.05) is 42.5 Å². The Balaban J connectivity index is 2.16. The molecule has 0 radical (unpaired) electrons. The van der Waals surface area contributed by atoms with Crippen LogP contribution < -0.4 is 5.32 Å². The van der Waals surface area contributed by atoms with Crippen molar-refractivity contribution < 1.29 is 0 Å². The Morgan fingerprint density at radius 1 is 0.905 bits per heavy atom. The number of nitrogens with zero attached hydrogens (tertiary/aromatic N) is 1. The van der Waals surface area contributed by atoms with Gasteiger partial charge in [0.15, 0.2) is 0 Å². The van der Waals surface area contributed by atoms with Crippen LogP contribution in [0.4, 0.5) is 0 Å². The van der Waals surface area contributed by atoms with Crippen LogP contribution in [0.3, 0.4) is 0 Å². The maximum Gasteiger partial charge on any atom is 0.0751 e. The summed E-state index contributed by atoms with van der Waals surface area (Å²) in [6, 6.07) is 19.1. The molecule has 21 heavy (non-hydrogen) atoms. The Morgan fingerprint density at radius 2 is 1.62 bits per heavy atom. The lowest BCUT2D eigenvalue weighted by Crippen LogP contribution is -2.20. The second-order valence-corrected chi connectivity index (χ2v) is 5.46. The van der Waals surface area contributed by atoms with E-state index in [0.29, 0.717) is 0 Å². The second-order valence-electron chi connectivity index (χ2n) is 5.46. The number of aromatic nitrogens is 1. The van der Waals surface area contributed by atoms with Gasteiger partial charge in [0.25, 0.3) is 0 Å². The maximum atomic E-state index is 4.86. The first-order chi connectivity index (χ1) is 10.2. The lowest BCUT2D eigenvalue weighted by atomic mass is 9.97. The van der Waals surface area contributed by atoms with E-state index in [1.807, 2.05) is 13.1 Å². The van der Waals surface area contributed by atoms with Gasteiger partial charge in [-0.2, -0.15) is 0 Å². The molecule has 0 saturated heterocycles. The molecule has 1 N–H and O–H groups in total. The molecule has 0 fully saturated rings. The number of benzene rings is 2. The molecule has 1 atom stereocenters. The van der Waals surface area contributed by atoms with Gasteiger partial charge in [-0.3, -0.25) is 4.98 Å². The molecule has 2 aromatic carbocycles. The first kappa shape index (κ1) is 13.8. The molecule has 0 aliphatic heterocycles. The van der Waals surface area contributed by atoms with Gasteiger partial charge < -0.3 is 5.32 Å². The molecule has 0 aliphatic rings. The zero-order chi connectivity index (χ0) is 14.8. The van der Waals surface area contributed by atoms with E-state index in [-0.39, 0.29) is 6.04 Å². The first-order valence-electron chi connectivity index (χ1n) is 7.30. The van der Waals surface area contributed by atoms with Crippen LogP contribution in [0.1, 0.15) is 28.4 Å². The van der Waals surface area contributed by atoms with Crippen LogP contribution >= 0.6 is 0 Å².